The first-order chi connectivity index (χ1) is 9.50. The summed E-state index contributed by atoms with van der Waals surface area (Å²) in [5.74, 6) is -1.60. The van der Waals surface area contributed by atoms with Crippen molar-refractivity contribution in [2.45, 2.75) is 13.0 Å². The van der Waals surface area contributed by atoms with Crippen molar-refractivity contribution in [3.63, 3.8) is 0 Å². The lowest BCUT2D eigenvalue weighted by molar-refractivity contribution is 0.0737. The van der Waals surface area contributed by atoms with Gasteiger partial charge in [-0.15, -0.1) is 0 Å². The minimum atomic E-state index is -0.796. The van der Waals surface area contributed by atoms with Crippen molar-refractivity contribution in [3.05, 3.63) is 65.5 Å². The van der Waals surface area contributed by atoms with Crippen molar-refractivity contribution in [2.24, 2.45) is 0 Å². The van der Waals surface area contributed by atoms with Crippen LogP contribution >= 0.6 is 0 Å². The van der Waals surface area contributed by atoms with E-state index in [2.05, 4.69) is 4.98 Å². The molecule has 0 bridgehead atoms. The second-order valence-corrected chi connectivity index (χ2v) is 4.49. The summed E-state index contributed by atoms with van der Waals surface area (Å²) in [4.78, 5) is 17.1. The second kappa shape index (κ2) is 5.77. The molecule has 0 aliphatic rings. The number of nitrogens with zero attached hydrogens (tertiary/aromatic N) is 2. The molecule has 2 rings (SSSR count). The number of halogens is 2. The van der Waals surface area contributed by atoms with E-state index in [9.17, 15) is 13.6 Å². The number of pyridine rings is 1. The number of amides is 1. The minimum Gasteiger partial charge on any atom is -0.335 e. The molecule has 0 spiro atoms. The lowest BCUT2D eigenvalue weighted by atomic mass is 10.1. The number of carbonyl (C=O) groups excluding carboxylic acids is 1. The number of rotatable bonds is 3. The smallest absolute Gasteiger partial charge is 0.258 e. The molecule has 0 radical (unpaired) electrons. The van der Waals surface area contributed by atoms with Crippen LogP contribution in [0.5, 0.6) is 0 Å². The van der Waals surface area contributed by atoms with Crippen LogP contribution in [0.15, 0.2) is 42.6 Å². The molecule has 1 aromatic carbocycles. The average molecular weight is 276 g/mol. The topological polar surface area (TPSA) is 33.2 Å². The van der Waals surface area contributed by atoms with E-state index in [1.165, 1.54) is 35.4 Å². The highest BCUT2D eigenvalue weighted by Crippen LogP contribution is 2.21. The van der Waals surface area contributed by atoms with Crippen LogP contribution in [0.4, 0.5) is 8.78 Å². The van der Waals surface area contributed by atoms with Crippen molar-refractivity contribution < 1.29 is 13.6 Å². The molecule has 1 unspecified atom stereocenters. The van der Waals surface area contributed by atoms with Crippen molar-refractivity contribution in [1.82, 2.24) is 9.88 Å². The average Bonchev–Trinajstić information content (AvgIpc) is 2.46. The first kappa shape index (κ1) is 14.1. The minimum absolute atomic E-state index is 0.0797. The van der Waals surface area contributed by atoms with E-state index in [1.54, 1.807) is 26.1 Å². The van der Waals surface area contributed by atoms with Gasteiger partial charge in [0.15, 0.2) is 0 Å². The molecule has 1 atom stereocenters. The predicted octanol–water partition coefficient (Wildman–Crippen LogP) is 3.19. The van der Waals surface area contributed by atoms with Gasteiger partial charge >= 0.3 is 0 Å². The summed E-state index contributed by atoms with van der Waals surface area (Å²) < 4.78 is 26.4. The second-order valence-electron chi connectivity index (χ2n) is 4.49. The summed E-state index contributed by atoms with van der Waals surface area (Å²) in [5.41, 5.74) is 0.690. The Morgan fingerprint density at radius 3 is 2.45 bits per heavy atom. The van der Waals surface area contributed by atoms with Gasteiger partial charge in [0.05, 0.1) is 11.6 Å². The Hall–Kier alpha value is -2.30. The molecule has 0 N–H and O–H groups in total. The molecule has 0 aliphatic heterocycles. The lowest BCUT2D eigenvalue weighted by Crippen LogP contribution is -2.30. The molecule has 0 saturated carbocycles. The van der Waals surface area contributed by atoms with E-state index >= 15 is 0 Å². The summed E-state index contributed by atoms with van der Waals surface area (Å²) in [6.45, 7) is 1.79. The van der Waals surface area contributed by atoms with E-state index < -0.39 is 11.9 Å². The molecular weight excluding hydrogens is 262 g/mol. The first-order valence-electron chi connectivity index (χ1n) is 6.14. The molecule has 1 aromatic heterocycles. The number of hydrogen-bond acceptors (Lipinski definition) is 2. The van der Waals surface area contributed by atoms with E-state index in [-0.39, 0.29) is 17.4 Å². The van der Waals surface area contributed by atoms with E-state index in [0.29, 0.717) is 0 Å². The van der Waals surface area contributed by atoms with Gasteiger partial charge in [0.2, 0.25) is 5.95 Å². The first-order valence-corrected chi connectivity index (χ1v) is 6.14. The molecule has 1 amide bonds. The van der Waals surface area contributed by atoms with Crippen LogP contribution in [0.2, 0.25) is 0 Å². The van der Waals surface area contributed by atoms with E-state index in [0.717, 1.165) is 5.56 Å². The highest BCUT2D eigenvalue weighted by molar-refractivity contribution is 5.94. The third-order valence-electron chi connectivity index (χ3n) is 3.24. The molecule has 0 aliphatic carbocycles. The van der Waals surface area contributed by atoms with Crippen molar-refractivity contribution in [2.75, 3.05) is 7.05 Å². The summed E-state index contributed by atoms with van der Waals surface area (Å²) in [7, 11) is 1.57. The Bertz CT molecular complexity index is 614. The quantitative estimate of drug-likeness (QED) is 0.807. The summed E-state index contributed by atoms with van der Waals surface area (Å²) in [6, 6.07) is 8.45. The highest BCUT2D eigenvalue weighted by atomic mass is 19.1. The van der Waals surface area contributed by atoms with Gasteiger partial charge in [0.1, 0.15) is 5.82 Å². The van der Waals surface area contributed by atoms with Gasteiger partial charge in [0.25, 0.3) is 5.91 Å². The maximum atomic E-state index is 13.5. The van der Waals surface area contributed by atoms with Crippen LogP contribution < -0.4 is 0 Å². The van der Waals surface area contributed by atoms with E-state index in [4.69, 9.17) is 0 Å². The SMILES string of the molecule is CC(c1ccc(F)cc1)N(C)C(=O)c1cccnc1F. The fourth-order valence-electron chi connectivity index (χ4n) is 1.88. The monoisotopic (exact) mass is 276 g/mol. The van der Waals surface area contributed by atoms with Crippen LogP contribution in [-0.2, 0) is 0 Å². The fourth-order valence-corrected chi connectivity index (χ4v) is 1.88. The zero-order valence-electron chi connectivity index (χ0n) is 11.2. The largest absolute Gasteiger partial charge is 0.335 e. The van der Waals surface area contributed by atoms with Gasteiger partial charge in [-0.05, 0) is 36.8 Å². The molecule has 104 valence electrons. The van der Waals surface area contributed by atoms with Crippen molar-refractivity contribution in [1.29, 1.82) is 0 Å². The molecule has 2 aromatic rings. The zero-order valence-corrected chi connectivity index (χ0v) is 11.2. The fraction of sp³-hybridized carbons (Fsp3) is 0.200. The van der Waals surface area contributed by atoms with E-state index in [1.807, 2.05) is 0 Å². The summed E-state index contributed by atoms with van der Waals surface area (Å²) in [5, 5.41) is 0. The summed E-state index contributed by atoms with van der Waals surface area (Å²) >= 11 is 0. The Balaban J connectivity index is 2.22. The predicted molar refractivity (Wildman–Crippen MR) is 71.1 cm³/mol. The molecule has 1 heterocycles. The third kappa shape index (κ3) is 2.82. The maximum absolute atomic E-state index is 13.5. The number of aromatic nitrogens is 1. The molecular formula is C15H14F2N2O. The molecule has 0 saturated heterocycles. The molecule has 0 fully saturated rings. The Morgan fingerprint density at radius 1 is 1.20 bits per heavy atom. The van der Waals surface area contributed by atoms with Gasteiger partial charge in [-0.2, -0.15) is 4.39 Å². The molecule has 5 heteroatoms. The van der Waals surface area contributed by atoms with Gasteiger partial charge < -0.3 is 4.90 Å². The number of carbonyl (C=O) groups is 1. The van der Waals surface area contributed by atoms with Crippen LogP contribution in [0.25, 0.3) is 0 Å². The van der Waals surface area contributed by atoms with Crippen LogP contribution in [0, 0.1) is 11.8 Å². The van der Waals surface area contributed by atoms with Crippen LogP contribution in [-0.4, -0.2) is 22.8 Å². The Labute approximate surface area is 115 Å². The maximum Gasteiger partial charge on any atom is 0.258 e. The lowest BCUT2D eigenvalue weighted by Gasteiger charge is -2.25. The van der Waals surface area contributed by atoms with Gasteiger partial charge in [0, 0.05) is 13.2 Å². The number of hydrogen-bond donors (Lipinski definition) is 0. The third-order valence-corrected chi connectivity index (χ3v) is 3.24. The van der Waals surface area contributed by atoms with Crippen LogP contribution in [0.1, 0.15) is 28.9 Å². The summed E-state index contributed by atoms with van der Waals surface area (Å²) in [6.07, 6.45) is 1.29. The Kier molecular flexibility index (Phi) is 4.08. The van der Waals surface area contributed by atoms with Crippen LogP contribution in [0.3, 0.4) is 0 Å². The normalized spacial score (nSPS) is 12.0. The van der Waals surface area contributed by atoms with Gasteiger partial charge in [-0.3, -0.25) is 4.79 Å². The molecule has 3 nitrogen and oxygen atoms in total. The van der Waals surface area contributed by atoms with Crippen molar-refractivity contribution in [3.8, 4) is 0 Å². The van der Waals surface area contributed by atoms with Crippen molar-refractivity contribution >= 4 is 5.91 Å². The highest BCUT2D eigenvalue weighted by Gasteiger charge is 2.21. The van der Waals surface area contributed by atoms with Gasteiger partial charge in [-0.25, -0.2) is 9.37 Å². The zero-order chi connectivity index (χ0) is 14.7. The standard InChI is InChI=1S/C15H14F2N2O/c1-10(11-5-7-12(16)8-6-11)19(2)15(20)13-4-3-9-18-14(13)17/h3-10H,1-2H3. The van der Waals surface area contributed by atoms with Gasteiger partial charge in [-0.1, -0.05) is 12.1 Å². The Morgan fingerprint density at radius 2 is 1.85 bits per heavy atom. The number of benzene rings is 1. The molecule has 20 heavy (non-hydrogen) atoms.